The van der Waals surface area contributed by atoms with E-state index in [2.05, 4.69) is 0 Å². The van der Waals surface area contributed by atoms with Gasteiger partial charge in [0.25, 0.3) is 0 Å². The maximum Gasteiger partial charge on any atom is 0.0912 e. The van der Waals surface area contributed by atoms with Gasteiger partial charge in [-0.05, 0) is 34.4 Å². The molecule has 2 nitrogen and oxygen atoms in total. The average molecular weight is 256 g/mol. The van der Waals surface area contributed by atoms with E-state index in [-0.39, 0.29) is 0 Å². The summed E-state index contributed by atoms with van der Waals surface area (Å²) in [5.41, 5.74) is 4.04. The SMILES string of the molecule is N#C/C=C\c1ccccc1-c1ccccc1/C=C\C#N. The molecule has 2 heteroatoms. The minimum atomic E-state index is 0.979. The van der Waals surface area contributed by atoms with Crippen molar-refractivity contribution in [2.75, 3.05) is 0 Å². The van der Waals surface area contributed by atoms with Crippen molar-refractivity contribution >= 4 is 12.2 Å². The second-order valence-corrected chi connectivity index (χ2v) is 4.10. The average Bonchev–Trinajstić information content (AvgIpc) is 2.51. The molecule has 20 heavy (non-hydrogen) atoms. The van der Waals surface area contributed by atoms with E-state index in [0.29, 0.717) is 0 Å². The Bertz CT molecular complexity index is 675. The number of nitriles is 2. The molecule has 0 atom stereocenters. The Hall–Kier alpha value is -3.10. The first kappa shape index (κ1) is 13.3. The molecule has 2 aromatic rings. The Balaban J connectivity index is 2.58. The monoisotopic (exact) mass is 256 g/mol. The van der Waals surface area contributed by atoms with Crippen LogP contribution in [0.1, 0.15) is 11.1 Å². The van der Waals surface area contributed by atoms with Crippen molar-refractivity contribution in [2.45, 2.75) is 0 Å². The highest BCUT2D eigenvalue weighted by atomic mass is 14.2. The van der Waals surface area contributed by atoms with E-state index in [1.54, 1.807) is 12.2 Å². The van der Waals surface area contributed by atoms with Crippen molar-refractivity contribution in [3.8, 4) is 23.3 Å². The molecule has 2 aromatic carbocycles. The Morgan fingerprint density at radius 1 is 0.650 bits per heavy atom. The van der Waals surface area contributed by atoms with Gasteiger partial charge in [-0.15, -0.1) is 0 Å². The molecule has 0 aromatic heterocycles. The first-order valence-corrected chi connectivity index (χ1v) is 6.17. The molecule has 0 radical (unpaired) electrons. The van der Waals surface area contributed by atoms with E-state index in [9.17, 15) is 0 Å². The predicted molar refractivity (Wildman–Crippen MR) is 81.2 cm³/mol. The lowest BCUT2D eigenvalue weighted by molar-refractivity contribution is 1.53. The minimum absolute atomic E-state index is 0.979. The Morgan fingerprint density at radius 2 is 1.05 bits per heavy atom. The van der Waals surface area contributed by atoms with Gasteiger partial charge in [-0.2, -0.15) is 10.5 Å². The zero-order valence-electron chi connectivity index (χ0n) is 10.8. The van der Waals surface area contributed by atoms with Crippen LogP contribution in [0.3, 0.4) is 0 Å². The topological polar surface area (TPSA) is 47.6 Å². The predicted octanol–water partition coefficient (Wildman–Crippen LogP) is 4.43. The molecule has 0 aliphatic rings. The number of allylic oxidation sites excluding steroid dienone is 2. The Kier molecular flexibility index (Phi) is 4.49. The lowest BCUT2D eigenvalue weighted by Crippen LogP contribution is -1.86. The van der Waals surface area contributed by atoms with Crippen molar-refractivity contribution in [3.63, 3.8) is 0 Å². The summed E-state index contributed by atoms with van der Waals surface area (Å²) in [6.07, 6.45) is 6.51. The van der Waals surface area contributed by atoms with Crippen LogP contribution in [-0.4, -0.2) is 0 Å². The summed E-state index contributed by atoms with van der Waals surface area (Å²) in [7, 11) is 0. The van der Waals surface area contributed by atoms with E-state index in [4.69, 9.17) is 10.5 Å². The van der Waals surface area contributed by atoms with Crippen LogP contribution in [0.15, 0.2) is 60.7 Å². The van der Waals surface area contributed by atoms with E-state index in [0.717, 1.165) is 22.3 Å². The van der Waals surface area contributed by atoms with E-state index in [1.807, 2.05) is 60.7 Å². The van der Waals surface area contributed by atoms with Crippen LogP contribution in [0.25, 0.3) is 23.3 Å². The van der Waals surface area contributed by atoms with Crippen LogP contribution in [0.4, 0.5) is 0 Å². The van der Waals surface area contributed by atoms with Crippen molar-refractivity contribution in [3.05, 3.63) is 71.8 Å². The van der Waals surface area contributed by atoms with Gasteiger partial charge in [0.1, 0.15) is 0 Å². The first-order chi connectivity index (χ1) is 9.86. The molecule has 2 rings (SSSR count). The molecule has 0 saturated heterocycles. The fourth-order valence-corrected chi connectivity index (χ4v) is 2.03. The number of benzene rings is 2. The van der Waals surface area contributed by atoms with Crippen molar-refractivity contribution in [1.29, 1.82) is 10.5 Å². The van der Waals surface area contributed by atoms with Crippen LogP contribution in [-0.2, 0) is 0 Å². The molecule has 0 unspecified atom stereocenters. The van der Waals surface area contributed by atoms with Crippen molar-refractivity contribution in [2.24, 2.45) is 0 Å². The molecule has 0 amide bonds. The fourth-order valence-electron chi connectivity index (χ4n) is 2.03. The van der Waals surface area contributed by atoms with Gasteiger partial charge in [0.05, 0.1) is 12.1 Å². The lowest BCUT2D eigenvalue weighted by Gasteiger charge is -2.09. The summed E-state index contributed by atoms with van der Waals surface area (Å²) >= 11 is 0. The zero-order valence-corrected chi connectivity index (χ0v) is 10.8. The molecule has 0 aliphatic carbocycles. The standard InChI is InChI=1S/C18H12N2/c19-13-5-9-15-7-1-3-11-17(15)18-12-4-2-8-16(18)10-6-14-20/h1-12H/b9-5-,10-6-. The lowest BCUT2D eigenvalue weighted by atomic mass is 9.95. The summed E-state index contributed by atoms with van der Waals surface area (Å²) < 4.78 is 0. The van der Waals surface area contributed by atoms with Crippen LogP contribution < -0.4 is 0 Å². The Labute approximate surface area is 118 Å². The molecule has 0 heterocycles. The van der Waals surface area contributed by atoms with Crippen LogP contribution in [0.2, 0.25) is 0 Å². The third-order valence-electron chi connectivity index (χ3n) is 2.89. The van der Waals surface area contributed by atoms with Crippen LogP contribution >= 0.6 is 0 Å². The number of hydrogen-bond acceptors (Lipinski definition) is 2. The summed E-state index contributed by atoms with van der Waals surface area (Å²) in [6, 6.07) is 19.8. The normalized spacial score (nSPS) is 10.5. The minimum Gasteiger partial charge on any atom is -0.193 e. The van der Waals surface area contributed by atoms with Gasteiger partial charge in [0, 0.05) is 12.2 Å². The van der Waals surface area contributed by atoms with Gasteiger partial charge in [0.2, 0.25) is 0 Å². The Morgan fingerprint density at radius 3 is 1.45 bits per heavy atom. The molecular weight excluding hydrogens is 244 g/mol. The maximum absolute atomic E-state index is 8.68. The molecular formula is C18H12N2. The molecule has 0 aliphatic heterocycles. The number of rotatable bonds is 3. The molecule has 0 bridgehead atoms. The van der Waals surface area contributed by atoms with Gasteiger partial charge in [-0.1, -0.05) is 48.5 Å². The van der Waals surface area contributed by atoms with E-state index < -0.39 is 0 Å². The molecule has 0 fully saturated rings. The van der Waals surface area contributed by atoms with Crippen LogP contribution in [0.5, 0.6) is 0 Å². The quantitative estimate of drug-likeness (QED) is 0.763. The number of nitrogens with zero attached hydrogens (tertiary/aromatic N) is 2. The molecule has 0 spiro atoms. The third kappa shape index (κ3) is 3.02. The number of hydrogen-bond donors (Lipinski definition) is 0. The summed E-state index contributed by atoms with van der Waals surface area (Å²) in [5.74, 6) is 0. The second-order valence-electron chi connectivity index (χ2n) is 4.10. The highest BCUT2D eigenvalue weighted by Gasteiger charge is 2.05. The zero-order chi connectivity index (χ0) is 14.2. The third-order valence-corrected chi connectivity index (χ3v) is 2.89. The fraction of sp³-hybridized carbons (Fsp3) is 0. The highest BCUT2D eigenvalue weighted by molar-refractivity contribution is 5.82. The first-order valence-electron chi connectivity index (χ1n) is 6.17. The maximum atomic E-state index is 8.68. The second kappa shape index (κ2) is 6.73. The van der Waals surface area contributed by atoms with Gasteiger partial charge >= 0.3 is 0 Å². The van der Waals surface area contributed by atoms with Gasteiger partial charge in [-0.25, -0.2) is 0 Å². The van der Waals surface area contributed by atoms with Crippen molar-refractivity contribution < 1.29 is 0 Å². The summed E-state index contributed by atoms with van der Waals surface area (Å²) in [4.78, 5) is 0. The smallest absolute Gasteiger partial charge is 0.0912 e. The van der Waals surface area contributed by atoms with Gasteiger partial charge in [0.15, 0.2) is 0 Å². The van der Waals surface area contributed by atoms with Crippen LogP contribution in [0, 0.1) is 22.7 Å². The highest BCUT2D eigenvalue weighted by Crippen LogP contribution is 2.28. The van der Waals surface area contributed by atoms with E-state index >= 15 is 0 Å². The van der Waals surface area contributed by atoms with Gasteiger partial charge < -0.3 is 0 Å². The molecule has 94 valence electrons. The van der Waals surface area contributed by atoms with Crippen molar-refractivity contribution in [1.82, 2.24) is 0 Å². The molecule has 0 N–H and O–H groups in total. The summed E-state index contributed by atoms with van der Waals surface area (Å²) in [6.45, 7) is 0. The van der Waals surface area contributed by atoms with Gasteiger partial charge in [-0.3, -0.25) is 0 Å². The summed E-state index contributed by atoms with van der Waals surface area (Å²) in [5, 5.41) is 17.4. The molecule has 0 saturated carbocycles. The largest absolute Gasteiger partial charge is 0.193 e. The van der Waals surface area contributed by atoms with E-state index in [1.165, 1.54) is 12.2 Å².